The molecule has 0 saturated heterocycles. The summed E-state index contributed by atoms with van der Waals surface area (Å²) in [5.41, 5.74) is 2.08. The van der Waals surface area contributed by atoms with Gasteiger partial charge in [0.2, 0.25) is 0 Å². The molecular formula is C16H11ClFNO2. The summed E-state index contributed by atoms with van der Waals surface area (Å²) in [7, 11) is 1.80. The predicted molar refractivity (Wildman–Crippen MR) is 80.3 cm³/mol. The molecule has 0 spiro atoms. The van der Waals surface area contributed by atoms with E-state index in [1.807, 2.05) is 0 Å². The van der Waals surface area contributed by atoms with Gasteiger partial charge in [0.1, 0.15) is 5.82 Å². The SMILES string of the molecule is Cn1cc(-c2ccc(Cl)cc2F)c2ccc(C(=O)O)cc21. The number of rotatable bonds is 2. The molecule has 0 saturated carbocycles. The Bertz CT molecular complexity index is 870. The van der Waals surface area contributed by atoms with Crippen molar-refractivity contribution < 1.29 is 14.3 Å². The second-order valence-corrected chi connectivity index (χ2v) is 5.25. The predicted octanol–water partition coefficient (Wildman–Crippen LogP) is 4.34. The summed E-state index contributed by atoms with van der Waals surface area (Å²) in [5, 5.41) is 10.2. The number of aromatic carboxylic acids is 1. The van der Waals surface area contributed by atoms with Crippen molar-refractivity contribution in [3.05, 3.63) is 59.0 Å². The molecule has 0 amide bonds. The normalized spacial score (nSPS) is 11.0. The highest BCUT2D eigenvalue weighted by atomic mass is 35.5. The van der Waals surface area contributed by atoms with E-state index in [2.05, 4.69) is 0 Å². The monoisotopic (exact) mass is 303 g/mol. The zero-order valence-electron chi connectivity index (χ0n) is 11.1. The first-order valence-electron chi connectivity index (χ1n) is 6.25. The van der Waals surface area contributed by atoms with Crippen LogP contribution in [0.2, 0.25) is 5.02 Å². The van der Waals surface area contributed by atoms with Crippen LogP contribution in [0.1, 0.15) is 10.4 Å². The number of carboxylic acid groups (broad SMARTS) is 1. The van der Waals surface area contributed by atoms with Gasteiger partial charge in [-0.3, -0.25) is 0 Å². The molecule has 0 radical (unpaired) electrons. The van der Waals surface area contributed by atoms with Crippen molar-refractivity contribution in [2.75, 3.05) is 0 Å². The number of benzene rings is 2. The fraction of sp³-hybridized carbons (Fsp3) is 0.0625. The Kier molecular flexibility index (Phi) is 3.18. The molecule has 0 bridgehead atoms. The number of aryl methyl sites for hydroxylation is 1. The maximum absolute atomic E-state index is 14.1. The molecule has 5 heteroatoms. The number of hydrogen-bond acceptors (Lipinski definition) is 1. The first kappa shape index (κ1) is 13.6. The van der Waals surface area contributed by atoms with E-state index < -0.39 is 11.8 Å². The molecule has 0 aliphatic heterocycles. The van der Waals surface area contributed by atoms with Gasteiger partial charge in [-0.1, -0.05) is 17.7 Å². The van der Waals surface area contributed by atoms with Crippen molar-refractivity contribution in [1.29, 1.82) is 0 Å². The fourth-order valence-electron chi connectivity index (χ4n) is 2.44. The number of nitrogens with zero attached hydrogens (tertiary/aromatic N) is 1. The lowest BCUT2D eigenvalue weighted by Gasteiger charge is -2.03. The van der Waals surface area contributed by atoms with Crippen molar-refractivity contribution in [3.63, 3.8) is 0 Å². The van der Waals surface area contributed by atoms with Crippen molar-refractivity contribution >= 4 is 28.5 Å². The first-order valence-corrected chi connectivity index (χ1v) is 6.63. The van der Waals surface area contributed by atoms with Crippen LogP contribution in [0.3, 0.4) is 0 Å². The van der Waals surface area contributed by atoms with Crippen molar-refractivity contribution in [2.45, 2.75) is 0 Å². The molecule has 0 unspecified atom stereocenters. The zero-order chi connectivity index (χ0) is 15.1. The van der Waals surface area contributed by atoms with Crippen molar-refractivity contribution in [1.82, 2.24) is 4.57 Å². The third-order valence-electron chi connectivity index (χ3n) is 3.46. The number of carbonyl (C=O) groups is 1. The molecule has 2 aromatic carbocycles. The van der Waals surface area contributed by atoms with E-state index in [0.717, 1.165) is 10.9 Å². The summed E-state index contributed by atoms with van der Waals surface area (Å²) < 4.78 is 15.9. The average Bonchev–Trinajstić information content (AvgIpc) is 2.75. The number of fused-ring (bicyclic) bond motifs is 1. The van der Waals surface area contributed by atoms with Gasteiger partial charge >= 0.3 is 5.97 Å². The number of hydrogen-bond donors (Lipinski definition) is 1. The molecular weight excluding hydrogens is 293 g/mol. The minimum Gasteiger partial charge on any atom is -0.478 e. The van der Waals surface area contributed by atoms with Gasteiger partial charge in [0.25, 0.3) is 0 Å². The molecule has 3 rings (SSSR count). The summed E-state index contributed by atoms with van der Waals surface area (Å²) in [5.74, 6) is -1.39. The fourth-order valence-corrected chi connectivity index (χ4v) is 2.60. The van der Waals surface area contributed by atoms with E-state index in [9.17, 15) is 9.18 Å². The van der Waals surface area contributed by atoms with Crippen molar-refractivity contribution in [2.24, 2.45) is 7.05 Å². The second kappa shape index (κ2) is 4.90. The standard InChI is InChI=1S/C16H11ClFNO2/c1-19-8-13(11-5-3-10(17)7-14(11)18)12-4-2-9(16(20)21)6-15(12)19/h2-8H,1H3,(H,20,21). The van der Waals surface area contributed by atoms with E-state index in [1.165, 1.54) is 12.1 Å². The Morgan fingerprint density at radius 1 is 1.19 bits per heavy atom. The Labute approximate surface area is 125 Å². The van der Waals surface area contributed by atoms with Gasteiger partial charge in [-0.15, -0.1) is 0 Å². The van der Waals surface area contributed by atoms with Crippen LogP contribution in [0.4, 0.5) is 4.39 Å². The number of carboxylic acids is 1. The van der Waals surface area contributed by atoms with Gasteiger partial charge in [-0.2, -0.15) is 0 Å². The Morgan fingerprint density at radius 2 is 1.95 bits per heavy atom. The molecule has 0 aliphatic carbocycles. The van der Waals surface area contributed by atoms with Gasteiger partial charge in [-0.05, 0) is 30.3 Å². The Hall–Kier alpha value is -2.33. The van der Waals surface area contributed by atoms with Gasteiger partial charge in [0.15, 0.2) is 0 Å². The molecule has 0 fully saturated rings. The zero-order valence-corrected chi connectivity index (χ0v) is 11.9. The van der Waals surface area contributed by atoms with Gasteiger partial charge < -0.3 is 9.67 Å². The van der Waals surface area contributed by atoms with E-state index in [4.69, 9.17) is 16.7 Å². The summed E-state index contributed by atoms with van der Waals surface area (Å²) >= 11 is 5.77. The minimum absolute atomic E-state index is 0.201. The highest BCUT2D eigenvalue weighted by molar-refractivity contribution is 6.30. The van der Waals surface area contributed by atoms with Crippen LogP contribution in [-0.2, 0) is 7.05 Å². The molecule has 0 aliphatic rings. The number of aromatic nitrogens is 1. The van der Waals surface area contributed by atoms with Gasteiger partial charge in [-0.25, -0.2) is 9.18 Å². The van der Waals surface area contributed by atoms with Crippen LogP contribution in [0, 0.1) is 5.82 Å². The summed E-state index contributed by atoms with van der Waals surface area (Å²) in [6.45, 7) is 0. The van der Waals surface area contributed by atoms with Gasteiger partial charge in [0.05, 0.1) is 5.56 Å². The maximum atomic E-state index is 14.1. The van der Waals surface area contributed by atoms with Gasteiger partial charge in [0, 0.05) is 40.3 Å². The summed E-state index contributed by atoms with van der Waals surface area (Å²) in [6.07, 6.45) is 1.78. The van der Waals surface area contributed by atoms with E-state index in [-0.39, 0.29) is 5.56 Å². The van der Waals surface area contributed by atoms with Crippen LogP contribution >= 0.6 is 11.6 Å². The van der Waals surface area contributed by atoms with E-state index >= 15 is 0 Å². The topological polar surface area (TPSA) is 42.2 Å². The molecule has 21 heavy (non-hydrogen) atoms. The molecule has 1 aromatic heterocycles. The second-order valence-electron chi connectivity index (χ2n) is 4.81. The lowest BCUT2D eigenvalue weighted by atomic mass is 10.0. The molecule has 1 heterocycles. The third-order valence-corrected chi connectivity index (χ3v) is 3.69. The molecule has 1 N–H and O–H groups in total. The largest absolute Gasteiger partial charge is 0.478 e. The van der Waals surface area contributed by atoms with Crippen LogP contribution in [-0.4, -0.2) is 15.6 Å². The molecule has 3 nitrogen and oxygen atoms in total. The quantitative estimate of drug-likeness (QED) is 0.765. The molecule has 106 valence electrons. The highest BCUT2D eigenvalue weighted by Crippen LogP contribution is 2.33. The average molecular weight is 304 g/mol. The summed E-state index contributed by atoms with van der Waals surface area (Å²) in [6, 6.07) is 9.31. The Morgan fingerprint density at radius 3 is 2.62 bits per heavy atom. The first-order chi connectivity index (χ1) is 9.97. The number of halogens is 2. The smallest absolute Gasteiger partial charge is 0.335 e. The highest BCUT2D eigenvalue weighted by Gasteiger charge is 2.14. The summed E-state index contributed by atoms with van der Waals surface area (Å²) in [4.78, 5) is 11.0. The van der Waals surface area contributed by atoms with Crippen LogP contribution in [0.25, 0.3) is 22.0 Å². The van der Waals surface area contributed by atoms with Crippen LogP contribution < -0.4 is 0 Å². The molecule has 0 atom stereocenters. The lowest BCUT2D eigenvalue weighted by Crippen LogP contribution is -1.96. The van der Waals surface area contributed by atoms with Crippen LogP contribution in [0.15, 0.2) is 42.6 Å². The van der Waals surface area contributed by atoms with Crippen molar-refractivity contribution in [3.8, 4) is 11.1 Å². The van der Waals surface area contributed by atoms with Crippen LogP contribution in [0.5, 0.6) is 0 Å². The molecule has 3 aromatic rings. The van der Waals surface area contributed by atoms with E-state index in [0.29, 0.717) is 16.1 Å². The third kappa shape index (κ3) is 2.28. The minimum atomic E-state index is -0.989. The Balaban J connectivity index is 2.27. The lowest BCUT2D eigenvalue weighted by molar-refractivity contribution is 0.0697. The van der Waals surface area contributed by atoms with E-state index in [1.54, 1.807) is 42.1 Å². The maximum Gasteiger partial charge on any atom is 0.335 e.